The Labute approximate surface area is 160 Å². The summed E-state index contributed by atoms with van der Waals surface area (Å²) in [6, 6.07) is 10.9. The van der Waals surface area contributed by atoms with Crippen LogP contribution in [0.15, 0.2) is 41.3 Å². The largest absolute Gasteiger partial charge is 0.486 e. The molecular weight excluding hydrogens is 381 g/mol. The maximum Gasteiger partial charge on any atom is 0.230 e. The molecule has 1 amide bonds. The number of benzene rings is 2. The zero-order chi connectivity index (χ0) is 17.8. The molecule has 0 bridgehead atoms. The predicted octanol–water partition coefficient (Wildman–Crippen LogP) is 4.73. The molecule has 3 rings (SSSR count). The highest BCUT2D eigenvalue weighted by atomic mass is 35.5. The zero-order valence-corrected chi connectivity index (χ0v) is 15.9. The Hall–Kier alpha value is -1.56. The Balaban J connectivity index is 1.54. The van der Waals surface area contributed by atoms with Crippen molar-refractivity contribution in [1.82, 2.24) is 5.32 Å². The van der Waals surface area contributed by atoms with Gasteiger partial charge in [0.05, 0.1) is 21.8 Å². The van der Waals surface area contributed by atoms with Gasteiger partial charge in [-0.05, 0) is 42.8 Å². The maximum absolute atomic E-state index is 12.2. The van der Waals surface area contributed by atoms with Gasteiger partial charge in [0.25, 0.3) is 0 Å². The number of carbonyl (C=O) groups is 1. The maximum atomic E-state index is 12.2. The number of fused-ring (bicyclic) bond motifs is 1. The number of nitrogens with one attached hydrogen (secondary N) is 1. The van der Waals surface area contributed by atoms with E-state index in [-0.39, 0.29) is 11.9 Å². The van der Waals surface area contributed by atoms with Crippen molar-refractivity contribution in [3.8, 4) is 11.5 Å². The van der Waals surface area contributed by atoms with Crippen LogP contribution in [0.25, 0.3) is 0 Å². The first-order valence-electron chi connectivity index (χ1n) is 7.79. The Morgan fingerprint density at radius 2 is 1.88 bits per heavy atom. The Morgan fingerprint density at radius 1 is 1.12 bits per heavy atom. The quantitative estimate of drug-likeness (QED) is 0.740. The third-order valence-electron chi connectivity index (χ3n) is 3.70. The summed E-state index contributed by atoms with van der Waals surface area (Å²) in [5.41, 5.74) is 0.909. The lowest BCUT2D eigenvalue weighted by Crippen LogP contribution is -2.28. The highest BCUT2D eigenvalue weighted by molar-refractivity contribution is 8.00. The van der Waals surface area contributed by atoms with Crippen molar-refractivity contribution < 1.29 is 14.3 Å². The number of ether oxygens (including phenoxy) is 2. The summed E-state index contributed by atoms with van der Waals surface area (Å²) in [6.45, 7) is 3.02. The van der Waals surface area contributed by atoms with Crippen LogP contribution < -0.4 is 14.8 Å². The normalized spacial score (nSPS) is 14.0. The first kappa shape index (κ1) is 18.2. The molecule has 0 fully saturated rings. The standard InChI is InChI=1S/C18H17Cl2NO3S/c1-11(12-2-4-14(19)15(20)8-12)21-18(22)10-25-13-3-5-16-17(9-13)24-7-6-23-16/h2-5,8-9,11H,6-7,10H2,1H3,(H,21,22). The number of carbonyl (C=O) groups excluding carboxylic acids is 1. The van der Waals surface area contributed by atoms with Gasteiger partial charge in [-0.15, -0.1) is 11.8 Å². The molecule has 2 aromatic carbocycles. The van der Waals surface area contributed by atoms with Crippen LogP contribution in [0.2, 0.25) is 10.0 Å². The van der Waals surface area contributed by atoms with Gasteiger partial charge in [0.2, 0.25) is 5.91 Å². The molecular formula is C18H17Cl2NO3S. The molecule has 4 nitrogen and oxygen atoms in total. The van der Waals surface area contributed by atoms with E-state index in [2.05, 4.69) is 5.32 Å². The van der Waals surface area contributed by atoms with Crippen LogP contribution in [0.3, 0.4) is 0 Å². The van der Waals surface area contributed by atoms with Gasteiger partial charge in [0.15, 0.2) is 11.5 Å². The Kier molecular flexibility index (Phi) is 5.99. The monoisotopic (exact) mass is 397 g/mol. The molecule has 0 aromatic heterocycles. The molecule has 1 unspecified atom stereocenters. The van der Waals surface area contributed by atoms with E-state index < -0.39 is 0 Å². The van der Waals surface area contributed by atoms with Crippen LogP contribution in [-0.4, -0.2) is 24.9 Å². The van der Waals surface area contributed by atoms with Crippen LogP contribution in [-0.2, 0) is 4.79 Å². The predicted molar refractivity (Wildman–Crippen MR) is 101 cm³/mol. The molecule has 1 aliphatic heterocycles. The number of hydrogen-bond donors (Lipinski definition) is 1. The number of rotatable bonds is 5. The smallest absolute Gasteiger partial charge is 0.230 e. The molecule has 1 N–H and O–H groups in total. The molecule has 7 heteroatoms. The van der Waals surface area contributed by atoms with Gasteiger partial charge < -0.3 is 14.8 Å². The minimum atomic E-state index is -0.150. The van der Waals surface area contributed by atoms with E-state index in [0.717, 1.165) is 22.0 Å². The summed E-state index contributed by atoms with van der Waals surface area (Å²) in [4.78, 5) is 13.2. The van der Waals surface area contributed by atoms with Gasteiger partial charge in [-0.1, -0.05) is 29.3 Å². The van der Waals surface area contributed by atoms with E-state index in [1.165, 1.54) is 11.8 Å². The van der Waals surface area contributed by atoms with E-state index in [1.807, 2.05) is 31.2 Å². The summed E-state index contributed by atoms with van der Waals surface area (Å²) in [5, 5.41) is 3.93. The van der Waals surface area contributed by atoms with E-state index in [0.29, 0.717) is 29.0 Å². The summed E-state index contributed by atoms with van der Waals surface area (Å²) in [5.74, 6) is 1.72. The zero-order valence-electron chi connectivity index (χ0n) is 13.6. The van der Waals surface area contributed by atoms with Crippen molar-refractivity contribution in [2.75, 3.05) is 19.0 Å². The average Bonchev–Trinajstić information content (AvgIpc) is 2.62. The van der Waals surface area contributed by atoms with Gasteiger partial charge in [0.1, 0.15) is 13.2 Å². The Bertz CT molecular complexity index is 785. The van der Waals surface area contributed by atoms with Crippen molar-refractivity contribution in [2.45, 2.75) is 17.9 Å². The van der Waals surface area contributed by atoms with Crippen LogP contribution in [0.5, 0.6) is 11.5 Å². The van der Waals surface area contributed by atoms with Crippen molar-refractivity contribution in [3.63, 3.8) is 0 Å². The summed E-state index contributed by atoms with van der Waals surface area (Å²) >= 11 is 13.4. The molecule has 0 aliphatic carbocycles. The van der Waals surface area contributed by atoms with Gasteiger partial charge in [0, 0.05) is 4.90 Å². The molecule has 0 spiro atoms. The van der Waals surface area contributed by atoms with Crippen molar-refractivity contribution in [2.24, 2.45) is 0 Å². The molecule has 1 aliphatic rings. The Morgan fingerprint density at radius 3 is 2.64 bits per heavy atom. The molecule has 25 heavy (non-hydrogen) atoms. The van der Waals surface area contributed by atoms with Gasteiger partial charge in [-0.3, -0.25) is 4.79 Å². The molecule has 1 atom stereocenters. The summed E-state index contributed by atoms with van der Waals surface area (Å²) in [7, 11) is 0. The fourth-order valence-corrected chi connectivity index (χ4v) is 3.45. The van der Waals surface area contributed by atoms with Crippen LogP contribution >= 0.6 is 35.0 Å². The lowest BCUT2D eigenvalue weighted by Gasteiger charge is -2.19. The minimum absolute atomic E-state index is 0.0570. The van der Waals surface area contributed by atoms with Crippen molar-refractivity contribution in [3.05, 3.63) is 52.0 Å². The first-order chi connectivity index (χ1) is 12.0. The highest BCUT2D eigenvalue weighted by Crippen LogP contribution is 2.34. The van der Waals surface area contributed by atoms with Crippen LogP contribution in [0.4, 0.5) is 0 Å². The molecule has 2 aromatic rings. The fraction of sp³-hybridized carbons (Fsp3) is 0.278. The molecule has 0 saturated carbocycles. The highest BCUT2D eigenvalue weighted by Gasteiger charge is 2.14. The lowest BCUT2D eigenvalue weighted by atomic mass is 10.1. The number of halogens is 2. The SMILES string of the molecule is CC(NC(=O)CSc1ccc2c(c1)OCCO2)c1ccc(Cl)c(Cl)c1. The molecule has 1 heterocycles. The summed E-state index contributed by atoms with van der Waals surface area (Å²) in [6.07, 6.45) is 0. The van der Waals surface area contributed by atoms with E-state index in [9.17, 15) is 4.79 Å². The van der Waals surface area contributed by atoms with Gasteiger partial charge in [-0.2, -0.15) is 0 Å². The second kappa shape index (κ2) is 8.21. The number of amides is 1. The van der Waals surface area contributed by atoms with Crippen molar-refractivity contribution >= 4 is 40.9 Å². The van der Waals surface area contributed by atoms with Crippen LogP contribution in [0.1, 0.15) is 18.5 Å². The average molecular weight is 398 g/mol. The second-order valence-corrected chi connectivity index (χ2v) is 7.42. The third-order valence-corrected chi connectivity index (χ3v) is 5.44. The topological polar surface area (TPSA) is 47.6 Å². The lowest BCUT2D eigenvalue weighted by molar-refractivity contribution is -0.119. The molecule has 0 radical (unpaired) electrons. The first-order valence-corrected chi connectivity index (χ1v) is 9.54. The number of hydrogen-bond acceptors (Lipinski definition) is 4. The second-order valence-electron chi connectivity index (χ2n) is 5.56. The molecule has 132 valence electrons. The van der Waals surface area contributed by atoms with Gasteiger partial charge >= 0.3 is 0 Å². The van der Waals surface area contributed by atoms with E-state index in [1.54, 1.807) is 12.1 Å². The van der Waals surface area contributed by atoms with Crippen molar-refractivity contribution in [1.29, 1.82) is 0 Å². The van der Waals surface area contributed by atoms with E-state index in [4.69, 9.17) is 32.7 Å². The van der Waals surface area contributed by atoms with Crippen LogP contribution in [0, 0.1) is 0 Å². The third kappa shape index (κ3) is 4.75. The molecule has 0 saturated heterocycles. The van der Waals surface area contributed by atoms with E-state index >= 15 is 0 Å². The fourth-order valence-electron chi connectivity index (χ4n) is 2.41. The summed E-state index contributed by atoms with van der Waals surface area (Å²) < 4.78 is 11.0. The van der Waals surface area contributed by atoms with Gasteiger partial charge in [-0.25, -0.2) is 0 Å². The number of thioether (sulfide) groups is 1. The minimum Gasteiger partial charge on any atom is -0.486 e.